The molecule has 0 N–H and O–H groups in total. The van der Waals surface area contributed by atoms with E-state index in [1.54, 1.807) is 0 Å². The van der Waals surface area contributed by atoms with Crippen molar-refractivity contribution in [3.63, 3.8) is 0 Å². The van der Waals surface area contributed by atoms with Crippen LogP contribution in [0.2, 0.25) is 0 Å². The van der Waals surface area contributed by atoms with Gasteiger partial charge in [-0.1, -0.05) is 12.1 Å². The largest absolute Gasteiger partial charge is 1.00 e. The first kappa shape index (κ1) is 14.3. The first-order valence-corrected chi connectivity index (χ1v) is 6.28. The number of rotatable bonds is 2. The van der Waals surface area contributed by atoms with Crippen LogP contribution in [0, 0.1) is 0 Å². The Kier molecular flexibility index (Phi) is 5.50. The summed E-state index contributed by atoms with van der Waals surface area (Å²) >= 11 is -2.52. The van der Waals surface area contributed by atoms with Gasteiger partial charge in [-0.3, -0.25) is 4.21 Å². The fourth-order valence-electron chi connectivity index (χ4n) is 0.894. The van der Waals surface area contributed by atoms with Gasteiger partial charge in [0, 0.05) is 11.2 Å². The van der Waals surface area contributed by atoms with Crippen LogP contribution < -0.4 is 29.6 Å². The molecule has 0 spiro atoms. The molecule has 7 heteroatoms. The Bertz CT molecular complexity index is 441. The van der Waals surface area contributed by atoms with E-state index >= 15 is 0 Å². The van der Waals surface area contributed by atoms with Crippen LogP contribution in [0.15, 0.2) is 34.1 Å². The second-order valence-electron chi connectivity index (χ2n) is 2.45. The predicted octanol–water partition coefficient (Wildman–Crippen LogP) is -2.67. The normalized spacial score (nSPS) is 13.0. The van der Waals surface area contributed by atoms with Gasteiger partial charge < -0.3 is 4.55 Å². The zero-order valence-electron chi connectivity index (χ0n) is 7.76. The molecule has 0 saturated carbocycles. The fraction of sp³-hybridized carbons (Fsp3) is 0.143. The molecule has 0 aliphatic heterocycles. The molecule has 0 bridgehead atoms. The maximum absolute atomic E-state index is 11.1. The summed E-state index contributed by atoms with van der Waals surface area (Å²) < 4.78 is 43.4. The van der Waals surface area contributed by atoms with Gasteiger partial charge in [0.1, 0.15) is 0 Å². The molecule has 1 atom stereocenters. The summed E-state index contributed by atoms with van der Waals surface area (Å²) in [6.07, 6.45) is 0.971. The van der Waals surface area contributed by atoms with E-state index < -0.39 is 20.9 Å². The van der Waals surface area contributed by atoms with Crippen LogP contribution in [0.4, 0.5) is 0 Å². The van der Waals surface area contributed by atoms with Gasteiger partial charge in [-0.2, -0.15) is 0 Å². The maximum Gasteiger partial charge on any atom is 1.00 e. The molecule has 0 radical (unpaired) electrons. The Labute approximate surface area is 107 Å². The van der Waals surface area contributed by atoms with Gasteiger partial charge in [0.15, 0.2) is 9.84 Å². The Morgan fingerprint density at radius 3 is 2.14 bits per heavy atom. The molecule has 0 aromatic heterocycles. The summed E-state index contributed by atoms with van der Waals surface area (Å²) in [4.78, 5) is -0.353. The van der Waals surface area contributed by atoms with E-state index in [0.29, 0.717) is 0 Å². The summed E-state index contributed by atoms with van der Waals surface area (Å²) in [6, 6.07) is 5.46. The monoisotopic (exact) mass is 242 g/mol. The minimum absolute atomic E-state index is 0. The smallest absolute Gasteiger partial charge is 0.768 e. The maximum atomic E-state index is 11.1. The molecule has 1 unspecified atom stereocenters. The molecule has 0 amide bonds. The number of benzene rings is 1. The van der Waals surface area contributed by atoms with E-state index in [1.165, 1.54) is 24.3 Å². The Hall–Kier alpha value is 0.280. The van der Waals surface area contributed by atoms with E-state index in [9.17, 15) is 17.2 Å². The van der Waals surface area contributed by atoms with Crippen LogP contribution in [-0.2, 0) is 20.9 Å². The summed E-state index contributed by atoms with van der Waals surface area (Å²) in [6.45, 7) is 0. The summed E-state index contributed by atoms with van der Waals surface area (Å²) in [7, 11) is -3.47. The Morgan fingerprint density at radius 2 is 1.79 bits per heavy atom. The van der Waals surface area contributed by atoms with Crippen LogP contribution >= 0.6 is 0 Å². The van der Waals surface area contributed by atoms with Crippen molar-refractivity contribution in [2.45, 2.75) is 9.79 Å². The van der Waals surface area contributed by atoms with Crippen molar-refractivity contribution < 1.29 is 46.7 Å². The molecule has 72 valence electrons. The number of hydrogen-bond acceptors (Lipinski definition) is 4. The fourth-order valence-corrected chi connectivity index (χ4v) is 2.73. The SMILES string of the molecule is CS(=O)(=O)c1ccccc1S(=O)[O-].[Na+]. The third-order valence-electron chi connectivity index (χ3n) is 1.43. The van der Waals surface area contributed by atoms with Gasteiger partial charge >= 0.3 is 29.6 Å². The van der Waals surface area contributed by atoms with Crippen LogP contribution in [0.25, 0.3) is 0 Å². The first-order chi connectivity index (χ1) is 5.93. The number of sulfone groups is 1. The Balaban J connectivity index is 0.00000169. The van der Waals surface area contributed by atoms with Gasteiger partial charge in [0.05, 0.1) is 4.90 Å². The van der Waals surface area contributed by atoms with Gasteiger partial charge in [-0.25, -0.2) is 8.42 Å². The number of hydrogen-bond donors (Lipinski definition) is 0. The van der Waals surface area contributed by atoms with Crippen molar-refractivity contribution in [2.24, 2.45) is 0 Å². The van der Waals surface area contributed by atoms with Crippen molar-refractivity contribution in [1.29, 1.82) is 0 Å². The third-order valence-corrected chi connectivity index (χ3v) is 3.43. The molecule has 0 heterocycles. The second-order valence-corrected chi connectivity index (χ2v) is 5.35. The third kappa shape index (κ3) is 3.45. The van der Waals surface area contributed by atoms with E-state index in [0.717, 1.165) is 6.26 Å². The van der Waals surface area contributed by atoms with Crippen molar-refractivity contribution in [2.75, 3.05) is 6.26 Å². The molecule has 0 fully saturated rings. The minimum Gasteiger partial charge on any atom is -0.768 e. The van der Waals surface area contributed by atoms with Gasteiger partial charge in [0.25, 0.3) is 0 Å². The van der Waals surface area contributed by atoms with E-state index in [1.807, 2.05) is 0 Å². The molecule has 0 saturated heterocycles. The molecule has 0 aliphatic carbocycles. The molecule has 1 aromatic carbocycles. The summed E-state index contributed by atoms with van der Waals surface area (Å²) in [5.41, 5.74) is 0. The van der Waals surface area contributed by atoms with Crippen molar-refractivity contribution in [1.82, 2.24) is 0 Å². The zero-order chi connectivity index (χ0) is 10.1. The van der Waals surface area contributed by atoms with Crippen LogP contribution in [0.3, 0.4) is 0 Å². The molecule has 1 aromatic rings. The van der Waals surface area contributed by atoms with Crippen LogP contribution in [0.1, 0.15) is 0 Å². The van der Waals surface area contributed by atoms with E-state index in [4.69, 9.17) is 0 Å². The average Bonchev–Trinajstić information content (AvgIpc) is 2.03. The molecular weight excluding hydrogens is 235 g/mol. The van der Waals surface area contributed by atoms with E-state index in [2.05, 4.69) is 0 Å². The first-order valence-electron chi connectivity index (χ1n) is 3.31. The van der Waals surface area contributed by atoms with Gasteiger partial charge in [-0.05, 0) is 23.2 Å². The summed E-state index contributed by atoms with van der Waals surface area (Å²) in [5.74, 6) is 0. The van der Waals surface area contributed by atoms with E-state index in [-0.39, 0.29) is 39.3 Å². The van der Waals surface area contributed by atoms with Crippen molar-refractivity contribution in [3.8, 4) is 0 Å². The van der Waals surface area contributed by atoms with Gasteiger partial charge in [-0.15, -0.1) is 0 Å². The minimum atomic E-state index is -3.47. The summed E-state index contributed by atoms with van der Waals surface area (Å²) in [5, 5.41) is 0. The van der Waals surface area contributed by atoms with Crippen molar-refractivity contribution >= 4 is 20.9 Å². The van der Waals surface area contributed by atoms with Gasteiger partial charge in [0.2, 0.25) is 0 Å². The predicted molar refractivity (Wildman–Crippen MR) is 46.7 cm³/mol. The topological polar surface area (TPSA) is 74.3 Å². The molecule has 1 rings (SSSR count). The average molecular weight is 242 g/mol. The molecule has 4 nitrogen and oxygen atoms in total. The van der Waals surface area contributed by atoms with Crippen LogP contribution in [-0.4, -0.2) is 23.4 Å². The standard InChI is InChI=1S/C7H8O4S2.Na/c1-13(10,11)7-5-3-2-4-6(7)12(8)9;/h2-5H,1H3,(H,8,9);/q;+1/p-1. The second kappa shape index (κ2) is 5.39. The quantitative estimate of drug-likeness (QED) is 0.419. The molecule has 0 aliphatic rings. The molecular formula is C7H7NaO4S2. The zero-order valence-corrected chi connectivity index (χ0v) is 11.4. The van der Waals surface area contributed by atoms with Crippen LogP contribution in [0.5, 0.6) is 0 Å². The van der Waals surface area contributed by atoms with Crippen molar-refractivity contribution in [3.05, 3.63) is 24.3 Å². The Morgan fingerprint density at radius 1 is 1.29 bits per heavy atom. The molecule has 14 heavy (non-hydrogen) atoms.